The van der Waals surface area contributed by atoms with Gasteiger partial charge in [0.05, 0.1) is 21.5 Å². The fourth-order valence-corrected chi connectivity index (χ4v) is 4.36. The predicted octanol–water partition coefficient (Wildman–Crippen LogP) is 6.00. The van der Waals surface area contributed by atoms with Crippen molar-refractivity contribution >= 4 is 40.9 Å². The molecule has 1 amide bonds. The maximum Gasteiger partial charge on any atom is 0.230 e. The normalized spacial score (nSPS) is 10.9. The first-order valence-electron chi connectivity index (χ1n) is 10.4. The minimum atomic E-state index is -0.0588. The smallest absolute Gasteiger partial charge is 0.230 e. The average molecular weight is 497 g/mol. The highest BCUT2D eigenvalue weighted by molar-refractivity contribution is 7.99. The van der Waals surface area contributed by atoms with Crippen molar-refractivity contribution in [1.29, 1.82) is 0 Å². The molecule has 0 saturated carbocycles. The van der Waals surface area contributed by atoms with Gasteiger partial charge in [0.2, 0.25) is 5.91 Å². The second kappa shape index (κ2) is 10.9. The van der Waals surface area contributed by atoms with Gasteiger partial charge < -0.3 is 5.32 Å². The first-order valence-corrected chi connectivity index (χ1v) is 12.2. The van der Waals surface area contributed by atoms with Crippen LogP contribution in [0.2, 0.25) is 10.0 Å². The van der Waals surface area contributed by atoms with Gasteiger partial charge in [0.15, 0.2) is 11.0 Å². The van der Waals surface area contributed by atoms with E-state index in [0.29, 0.717) is 27.6 Å². The van der Waals surface area contributed by atoms with Gasteiger partial charge in [0, 0.05) is 12.1 Å². The maximum absolute atomic E-state index is 12.4. The fraction of sp³-hybridized carbons (Fsp3) is 0.160. The molecule has 0 spiro atoms. The zero-order valence-electron chi connectivity index (χ0n) is 18.0. The highest BCUT2D eigenvalue weighted by Gasteiger charge is 2.18. The van der Waals surface area contributed by atoms with Gasteiger partial charge in [-0.1, -0.05) is 95.1 Å². The number of rotatable bonds is 8. The number of carbonyl (C=O) groups excluding carboxylic acids is 1. The third-order valence-corrected chi connectivity index (χ3v) is 6.68. The van der Waals surface area contributed by atoms with Crippen LogP contribution in [0, 0.1) is 6.92 Å². The quantitative estimate of drug-likeness (QED) is 0.304. The van der Waals surface area contributed by atoms with E-state index in [4.69, 9.17) is 23.2 Å². The Hall–Kier alpha value is -2.80. The van der Waals surface area contributed by atoms with E-state index < -0.39 is 0 Å². The van der Waals surface area contributed by atoms with Crippen LogP contribution in [0.5, 0.6) is 0 Å². The van der Waals surface area contributed by atoms with Crippen LogP contribution < -0.4 is 5.32 Å². The number of hydrogen-bond acceptors (Lipinski definition) is 4. The van der Waals surface area contributed by atoms with Crippen LogP contribution in [0.25, 0.3) is 17.1 Å². The monoisotopic (exact) mass is 496 g/mol. The Kier molecular flexibility index (Phi) is 7.70. The van der Waals surface area contributed by atoms with Crippen molar-refractivity contribution in [3.8, 4) is 17.1 Å². The minimum absolute atomic E-state index is 0.0588. The predicted molar refractivity (Wildman–Crippen MR) is 135 cm³/mol. The van der Waals surface area contributed by atoms with Gasteiger partial charge >= 0.3 is 0 Å². The molecular weight excluding hydrogens is 475 g/mol. The summed E-state index contributed by atoms with van der Waals surface area (Å²) in [5, 5.41) is 13.2. The molecular formula is C25H22Cl2N4OS. The number of benzene rings is 3. The molecule has 5 nitrogen and oxygen atoms in total. The molecule has 0 bridgehead atoms. The van der Waals surface area contributed by atoms with Crippen molar-refractivity contribution < 1.29 is 4.79 Å². The number of carbonyl (C=O) groups is 1. The number of hydrogen-bond donors (Lipinski definition) is 1. The molecule has 1 N–H and O–H groups in total. The van der Waals surface area contributed by atoms with Crippen LogP contribution in [0.1, 0.15) is 11.1 Å². The summed E-state index contributed by atoms with van der Waals surface area (Å²) in [5.74, 6) is 0.833. The topological polar surface area (TPSA) is 59.8 Å². The molecule has 1 aromatic heterocycles. The summed E-state index contributed by atoms with van der Waals surface area (Å²) in [6.07, 6.45) is 0.786. The van der Waals surface area contributed by atoms with E-state index in [1.165, 1.54) is 17.3 Å². The van der Waals surface area contributed by atoms with Gasteiger partial charge in [-0.25, -0.2) is 0 Å². The van der Waals surface area contributed by atoms with Crippen LogP contribution in [0.3, 0.4) is 0 Å². The lowest BCUT2D eigenvalue weighted by atomic mass is 10.1. The lowest BCUT2D eigenvalue weighted by molar-refractivity contribution is -0.118. The Balaban J connectivity index is 1.51. The van der Waals surface area contributed by atoms with E-state index in [1.807, 2.05) is 72.2 Å². The summed E-state index contributed by atoms with van der Waals surface area (Å²) in [5.41, 5.74) is 4.03. The van der Waals surface area contributed by atoms with Crippen molar-refractivity contribution in [3.63, 3.8) is 0 Å². The SMILES string of the molecule is Cc1ccc(-c2nnc(SCC(=O)NCCc3ccccc3)n2-c2ccc(Cl)c(Cl)c2)cc1. The summed E-state index contributed by atoms with van der Waals surface area (Å²) >= 11 is 13.7. The molecule has 0 radical (unpaired) electrons. The average Bonchev–Trinajstić information content (AvgIpc) is 3.24. The lowest BCUT2D eigenvalue weighted by Gasteiger charge is -2.12. The summed E-state index contributed by atoms with van der Waals surface area (Å²) in [7, 11) is 0. The first-order chi connectivity index (χ1) is 16.0. The number of aromatic nitrogens is 3. The van der Waals surface area contributed by atoms with Crippen LogP contribution in [0.4, 0.5) is 0 Å². The van der Waals surface area contributed by atoms with E-state index in [-0.39, 0.29) is 11.7 Å². The Morgan fingerprint density at radius 3 is 2.45 bits per heavy atom. The number of amides is 1. The standard InChI is InChI=1S/C25H22Cl2N4OS/c1-17-7-9-19(10-8-17)24-29-30-25(31(24)20-11-12-21(26)22(27)15-20)33-16-23(32)28-14-13-18-5-3-2-4-6-18/h2-12,15H,13-14,16H2,1H3,(H,28,32). The highest BCUT2D eigenvalue weighted by Crippen LogP contribution is 2.31. The Bertz CT molecular complexity index is 1240. The van der Waals surface area contributed by atoms with Crippen molar-refractivity contribution in [3.05, 3.63) is 94.0 Å². The minimum Gasteiger partial charge on any atom is -0.355 e. The molecule has 4 aromatic rings. The zero-order chi connectivity index (χ0) is 23.2. The van der Waals surface area contributed by atoms with Gasteiger partial charge in [-0.2, -0.15) is 0 Å². The third kappa shape index (κ3) is 5.96. The summed E-state index contributed by atoms with van der Waals surface area (Å²) in [4.78, 5) is 12.4. The molecule has 0 aliphatic rings. The van der Waals surface area contributed by atoms with Crippen molar-refractivity contribution in [1.82, 2.24) is 20.1 Å². The molecule has 0 atom stereocenters. The molecule has 3 aromatic carbocycles. The molecule has 0 saturated heterocycles. The molecule has 8 heteroatoms. The number of halogens is 2. The molecule has 4 rings (SSSR count). The zero-order valence-corrected chi connectivity index (χ0v) is 20.3. The largest absolute Gasteiger partial charge is 0.355 e. The fourth-order valence-electron chi connectivity index (χ4n) is 3.28. The molecule has 0 unspecified atom stereocenters. The summed E-state index contributed by atoms with van der Waals surface area (Å²) in [6.45, 7) is 2.61. The highest BCUT2D eigenvalue weighted by atomic mass is 35.5. The third-order valence-electron chi connectivity index (χ3n) is 5.02. The van der Waals surface area contributed by atoms with E-state index >= 15 is 0 Å². The van der Waals surface area contributed by atoms with E-state index in [0.717, 1.165) is 23.2 Å². The summed E-state index contributed by atoms with van der Waals surface area (Å²) < 4.78 is 1.90. The van der Waals surface area contributed by atoms with Gasteiger partial charge in [0.25, 0.3) is 0 Å². The molecule has 0 aliphatic carbocycles. The Morgan fingerprint density at radius 1 is 0.970 bits per heavy atom. The number of nitrogens with zero attached hydrogens (tertiary/aromatic N) is 3. The van der Waals surface area contributed by atoms with Crippen molar-refractivity contribution in [2.24, 2.45) is 0 Å². The molecule has 33 heavy (non-hydrogen) atoms. The molecule has 168 valence electrons. The summed E-state index contributed by atoms with van der Waals surface area (Å²) in [6, 6.07) is 23.5. The van der Waals surface area contributed by atoms with Gasteiger partial charge in [-0.3, -0.25) is 9.36 Å². The number of thioether (sulfide) groups is 1. The Morgan fingerprint density at radius 2 is 1.73 bits per heavy atom. The number of nitrogens with one attached hydrogen (secondary N) is 1. The van der Waals surface area contributed by atoms with Crippen LogP contribution in [-0.2, 0) is 11.2 Å². The van der Waals surface area contributed by atoms with E-state index in [1.54, 1.807) is 12.1 Å². The number of aryl methyl sites for hydroxylation is 1. The Labute approximate surface area is 207 Å². The second-order valence-electron chi connectivity index (χ2n) is 7.48. The maximum atomic E-state index is 12.4. The first kappa shape index (κ1) is 23.4. The van der Waals surface area contributed by atoms with Crippen molar-refractivity contribution in [2.75, 3.05) is 12.3 Å². The van der Waals surface area contributed by atoms with E-state index in [2.05, 4.69) is 15.5 Å². The second-order valence-corrected chi connectivity index (χ2v) is 9.24. The molecule has 0 aliphatic heterocycles. The van der Waals surface area contributed by atoms with Crippen LogP contribution in [-0.4, -0.2) is 33.0 Å². The van der Waals surface area contributed by atoms with E-state index in [9.17, 15) is 4.79 Å². The van der Waals surface area contributed by atoms with Crippen LogP contribution in [0.15, 0.2) is 78.0 Å². The molecule has 0 fully saturated rings. The van der Waals surface area contributed by atoms with Gasteiger partial charge in [-0.05, 0) is 37.1 Å². The van der Waals surface area contributed by atoms with Gasteiger partial charge in [0.1, 0.15) is 0 Å². The van der Waals surface area contributed by atoms with Crippen LogP contribution >= 0.6 is 35.0 Å². The van der Waals surface area contributed by atoms with Gasteiger partial charge in [-0.15, -0.1) is 10.2 Å². The lowest BCUT2D eigenvalue weighted by Crippen LogP contribution is -2.27. The molecule has 1 heterocycles. The van der Waals surface area contributed by atoms with Crippen molar-refractivity contribution in [2.45, 2.75) is 18.5 Å².